The molecule has 0 radical (unpaired) electrons. The number of ether oxygens (including phenoxy) is 2. The van der Waals surface area contributed by atoms with Crippen molar-refractivity contribution in [2.75, 3.05) is 45.8 Å². The fourth-order valence-electron chi connectivity index (χ4n) is 5.16. The van der Waals surface area contributed by atoms with Crippen LogP contribution in [0.5, 0.6) is 5.75 Å². The Bertz CT molecular complexity index is 1280. The van der Waals surface area contributed by atoms with Gasteiger partial charge in [-0.15, -0.1) is 0 Å². The molecule has 210 valence electrons. The van der Waals surface area contributed by atoms with Crippen LogP contribution in [0.25, 0.3) is 11.0 Å². The predicted molar refractivity (Wildman–Crippen MR) is 152 cm³/mol. The number of hydrogen-bond acceptors (Lipinski definition) is 6. The van der Waals surface area contributed by atoms with Crippen LogP contribution in [0, 0.1) is 6.92 Å². The first-order valence-corrected chi connectivity index (χ1v) is 13.6. The number of urea groups is 1. The van der Waals surface area contributed by atoms with Crippen LogP contribution < -0.4 is 21.1 Å². The first kappa shape index (κ1) is 28.4. The van der Waals surface area contributed by atoms with Crippen LogP contribution in [0.1, 0.15) is 43.0 Å². The molecule has 0 aliphatic carbocycles. The number of nitrogens with one attached hydrogen (secondary N) is 2. The van der Waals surface area contributed by atoms with Crippen LogP contribution in [0.4, 0.5) is 10.5 Å². The molecule has 1 saturated heterocycles. The topological polar surface area (TPSA) is 124 Å². The van der Waals surface area contributed by atoms with Crippen molar-refractivity contribution in [2.24, 2.45) is 5.73 Å². The van der Waals surface area contributed by atoms with E-state index in [0.717, 1.165) is 48.2 Å². The second kappa shape index (κ2) is 13.4. The van der Waals surface area contributed by atoms with Crippen molar-refractivity contribution in [2.45, 2.75) is 51.1 Å². The molecular formula is C29H40N6O4. The molecule has 3 aromatic rings. The summed E-state index contributed by atoms with van der Waals surface area (Å²) >= 11 is 0. The second-order valence-electron chi connectivity index (χ2n) is 10.1. The Morgan fingerprint density at radius 2 is 2.03 bits per heavy atom. The van der Waals surface area contributed by atoms with Gasteiger partial charge in [-0.3, -0.25) is 4.79 Å². The Balaban J connectivity index is 1.33. The van der Waals surface area contributed by atoms with E-state index in [-0.39, 0.29) is 24.8 Å². The molecule has 10 heteroatoms. The smallest absolute Gasteiger partial charge is 0.319 e. The molecule has 2 atom stereocenters. The summed E-state index contributed by atoms with van der Waals surface area (Å²) in [5.41, 5.74) is 9.91. The summed E-state index contributed by atoms with van der Waals surface area (Å²) in [6.07, 6.45) is 2.94. The van der Waals surface area contributed by atoms with Gasteiger partial charge in [0.2, 0.25) is 5.91 Å². The number of hydrogen-bond donors (Lipinski definition) is 3. The Morgan fingerprint density at radius 1 is 1.21 bits per heavy atom. The van der Waals surface area contributed by atoms with E-state index >= 15 is 0 Å². The molecule has 0 saturated carbocycles. The average molecular weight is 537 g/mol. The molecule has 2 aromatic carbocycles. The Morgan fingerprint density at radius 3 is 2.82 bits per heavy atom. The molecule has 1 aromatic heterocycles. The van der Waals surface area contributed by atoms with Crippen molar-refractivity contribution in [3.8, 4) is 5.75 Å². The lowest BCUT2D eigenvalue weighted by Gasteiger charge is -2.33. The number of imidazole rings is 1. The highest BCUT2D eigenvalue weighted by atomic mass is 16.5. The molecular weight excluding hydrogens is 496 g/mol. The van der Waals surface area contributed by atoms with E-state index in [0.29, 0.717) is 31.1 Å². The minimum absolute atomic E-state index is 0.00296. The minimum Gasteiger partial charge on any atom is -0.495 e. The SMILES string of the molecule is COCCCn1c([C@@H]2CCCN(C(=O)C[C@H](N)CNC(=O)Nc3cc(C)ccc3OC)C2)nc2ccccc21. The van der Waals surface area contributed by atoms with Crippen LogP contribution in [0.15, 0.2) is 42.5 Å². The molecule has 3 amide bonds. The van der Waals surface area contributed by atoms with Crippen LogP contribution in [0.3, 0.4) is 0 Å². The number of methoxy groups -OCH3 is 2. The van der Waals surface area contributed by atoms with Crippen LogP contribution in [-0.4, -0.2) is 72.9 Å². The van der Waals surface area contributed by atoms with E-state index in [1.807, 2.05) is 42.2 Å². The maximum absolute atomic E-state index is 13.2. The first-order chi connectivity index (χ1) is 18.9. The van der Waals surface area contributed by atoms with Crippen molar-refractivity contribution in [3.05, 3.63) is 53.9 Å². The number of aromatic nitrogens is 2. The number of carbonyl (C=O) groups is 2. The van der Waals surface area contributed by atoms with Crippen LogP contribution in [0.2, 0.25) is 0 Å². The lowest BCUT2D eigenvalue weighted by molar-refractivity contribution is -0.132. The largest absolute Gasteiger partial charge is 0.495 e. The zero-order valence-corrected chi connectivity index (χ0v) is 23.1. The number of likely N-dealkylation sites (tertiary alicyclic amines) is 1. The van der Waals surface area contributed by atoms with Crippen LogP contribution in [-0.2, 0) is 16.1 Å². The van der Waals surface area contributed by atoms with Crippen molar-refractivity contribution >= 4 is 28.7 Å². The van der Waals surface area contributed by atoms with E-state index in [1.165, 1.54) is 0 Å². The Kier molecular flexibility index (Phi) is 9.78. The fraction of sp³-hybridized carbons (Fsp3) is 0.483. The van der Waals surface area contributed by atoms with Crippen molar-refractivity contribution < 1.29 is 19.1 Å². The van der Waals surface area contributed by atoms with E-state index < -0.39 is 12.1 Å². The number of piperidine rings is 1. The highest BCUT2D eigenvalue weighted by Crippen LogP contribution is 2.30. The van der Waals surface area contributed by atoms with E-state index in [2.05, 4.69) is 21.3 Å². The molecule has 1 aliphatic rings. The summed E-state index contributed by atoms with van der Waals surface area (Å²) in [5.74, 6) is 1.75. The number of benzene rings is 2. The second-order valence-corrected chi connectivity index (χ2v) is 10.1. The van der Waals surface area contributed by atoms with Gasteiger partial charge in [-0.2, -0.15) is 0 Å². The first-order valence-electron chi connectivity index (χ1n) is 13.6. The van der Waals surface area contributed by atoms with Gasteiger partial charge in [0.15, 0.2) is 0 Å². The minimum atomic E-state index is -0.498. The number of aryl methyl sites for hydroxylation is 2. The number of fused-ring (bicyclic) bond motifs is 1. The molecule has 2 heterocycles. The monoisotopic (exact) mass is 536 g/mol. The predicted octanol–water partition coefficient (Wildman–Crippen LogP) is 3.63. The number of carbonyl (C=O) groups excluding carboxylic acids is 2. The van der Waals surface area contributed by atoms with Gasteiger partial charge >= 0.3 is 6.03 Å². The van der Waals surface area contributed by atoms with Gasteiger partial charge in [-0.25, -0.2) is 9.78 Å². The Labute approximate surface area is 229 Å². The molecule has 1 aliphatic heterocycles. The molecule has 4 rings (SSSR count). The summed E-state index contributed by atoms with van der Waals surface area (Å²) in [6, 6.07) is 12.8. The number of anilines is 1. The normalized spacial score (nSPS) is 16.2. The maximum Gasteiger partial charge on any atom is 0.319 e. The van der Waals surface area contributed by atoms with Crippen LogP contribution >= 0.6 is 0 Å². The van der Waals surface area contributed by atoms with E-state index in [9.17, 15) is 9.59 Å². The number of amides is 3. The van der Waals surface area contributed by atoms with Gasteiger partial charge in [0.1, 0.15) is 11.6 Å². The van der Waals surface area contributed by atoms with Crippen molar-refractivity contribution in [1.82, 2.24) is 19.8 Å². The number of nitrogens with two attached hydrogens (primary N) is 1. The molecule has 39 heavy (non-hydrogen) atoms. The fourth-order valence-corrected chi connectivity index (χ4v) is 5.16. The van der Waals surface area contributed by atoms with Gasteiger partial charge in [0, 0.05) is 58.3 Å². The zero-order chi connectivity index (χ0) is 27.8. The third kappa shape index (κ3) is 7.27. The van der Waals surface area contributed by atoms with Gasteiger partial charge in [-0.05, 0) is 56.0 Å². The molecule has 4 N–H and O–H groups in total. The van der Waals surface area contributed by atoms with Gasteiger partial charge in [-0.1, -0.05) is 18.2 Å². The van der Waals surface area contributed by atoms with Gasteiger partial charge in [0.25, 0.3) is 0 Å². The summed E-state index contributed by atoms with van der Waals surface area (Å²) in [6.45, 7) is 4.93. The van der Waals surface area contributed by atoms with Crippen molar-refractivity contribution in [1.29, 1.82) is 0 Å². The molecule has 1 fully saturated rings. The highest BCUT2D eigenvalue weighted by Gasteiger charge is 2.29. The summed E-state index contributed by atoms with van der Waals surface area (Å²) < 4.78 is 12.9. The Hall–Kier alpha value is -3.63. The zero-order valence-electron chi connectivity index (χ0n) is 23.1. The molecule has 0 spiro atoms. The highest BCUT2D eigenvalue weighted by molar-refractivity contribution is 5.91. The third-order valence-corrected chi connectivity index (χ3v) is 7.12. The summed E-state index contributed by atoms with van der Waals surface area (Å²) in [4.78, 5) is 32.5. The third-order valence-electron chi connectivity index (χ3n) is 7.12. The number of nitrogens with zero attached hydrogens (tertiary/aromatic N) is 3. The summed E-state index contributed by atoms with van der Waals surface area (Å²) in [7, 11) is 3.27. The van der Waals surface area contributed by atoms with Gasteiger partial charge in [0.05, 0.1) is 23.8 Å². The lowest BCUT2D eigenvalue weighted by Crippen LogP contribution is -2.45. The lowest BCUT2D eigenvalue weighted by atomic mass is 9.96. The average Bonchev–Trinajstić information content (AvgIpc) is 3.31. The maximum atomic E-state index is 13.2. The molecule has 0 unspecified atom stereocenters. The standard InChI is InChI=1S/C29H40N6O4/c1-20-11-12-26(39-3)24(16-20)33-29(37)31-18-22(30)17-27(36)34-13-6-8-21(19-34)28-32-23-9-4-5-10-25(23)35(28)14-7-15-38-2/h4-5,9-12,16,21-22H,6-8,13-15,17-19,30H2,1-3H3,(H2,31,33,37)/t21-,22+/m1/s1. The molecule has 0 bridgehead atoms. The van der Waals surface area contributed by atoms with E-state index in [1.54, 1.807) is 20.3 Å². The van der Waals surface area contributed by atoms with Gasteiger partial charge < -0.3 is 35.3 Å². The van der Waals surface area contributed by atoms with E-state index in [4.69, 9.17) is 20.2 Å². The quantitative estimate of drug-likeness (QED) is 0.322. The number of para-hydroxylation sites is 2. The molecule has 10 nitrogen and oxygen atoms in total. The van der Waals surface area contributed by atoms with Crippen molar-refractivity contribution in [3.63, 3.8) is 0 Å². The number of rotatable bonds is 11. The summed E-state index contributed by atoms with van der Waals surface area (Å²) in [5, 5.41) is 5.56.